The first-order valence-electron chi connectivity index (χ1n) is 11.1. The molecule has 2 aliphatic heterocycles. The summed E-state index contributed by atoms with van der Waals surface area (Å²) in [5.41, 5.74) is 2.22. The van der Waals surface area contributed by atoms with E-state index in [1.165, 1.54) is 0 Å². The molecule has 2 aromatic heterocycles. The van der Waals surface area contributed by atoms with Crippen LogP contribution in [0.25, 0.3) is 16.7 Å². The van der Waals surface area contributed by atoms with E-state index in [1.807, 2.05) is 41.3 Å². The Labute approximate surface area is 185 Å². The summed E-state index contributed by atoms with van der Waals surface area (Å²) in [7, 11) is 0. The van der Waals surface area contributed by atoms with E-state index in [9.17, 15) is 9.59 Å². The van der Waals surface area contributed by atoms with Gasteiger partial charge < -0.3 is 15.5 Å². The van der Waals surface area contributed by atoms with Crippen molar-refractivity contribution in [2.24, 2.45) is 0 Å². The normalized spacial score (nSPS) is 17.5. The van der Waals surface area contributed by atoms with Crippen LogP contribution in [0.2, 0.25) is 0 Å². The third-order valence-electron chi connectivity index (χ3n) is 6.58. The number of hydrogen-bond donors (Lipinski definition) is 3. The number of likely N-dealkylation sites (tertiary alicyclic amines) is 1. The maximum absolute atomic E-state index is 13.2. The predicted molar refractivity (Wildman–Crippen MR) is 122 cm³/mol. The van der Waals surface area contributed by atoms with Gasteiger partial charge in [0, 0.05) is 38.8 Å². The molecule has 0 aliphatic carbocycles. The number of para-hydroxylation sites is 2. The van der Waals surface area contributed by atoms with Gasteiger partial charge >= 0.3 is 5.69 Å². The predicted octanol–water partition coefficient (Wildman–Crippen LogP) is 1.46. The summed E-state index contributed by atoms with van der Waals surface area (Å²) in [5, 5.41) is 14.0. The first kappa shape index (κ1) is 20.3. The molecule has 9 nitrogen and oxygen atoms in total. The van der Waals surface area contributed by atoms with E-state index in [2.05, 4.69) is 15.6 Å². The maximum atomic E-state index is 13.2. The van der Waals surface area contributed by atoms with Gasteiger partial charge in [-0.15, -0.1) is 0 Å². The van der Waals surface area contributed by atoms with Crippen LogP contribution < -0.4 is 16.3 Å². The van der Waals surface area contributed by atoms with Crippen molar-refractivity contribution in [3.05, 3.63) is 59.3 Å². The van der Waals surface area contributed by atoms with Crippen LogP contribution in [0.5, 0.6) is 0 Å². The summed E-state index contributed by atoms with van der Waals surface area (Å²) in [4.78, 5) is 32.0. The maximum Gasteiger partial charge on any atom is 0.333 e. The molecule has 166 valence electrons. The highest BCUT2D eigenvalue weighted by Gasteiger charge is 2.39. The Morgan fingerprint density at radius 3 is 2.59 bits per heavy atom. The molecule has 0 saturated carbocycles. The molecular weight excluding hydrogens is 406 g/mol. The zero-order valence-electron chi connectivity index (χ0n) is 17.9. The van der Waals surface area contributed by atoms with Crippen molar-refractivity contribution in [1.82, 2.24) is 29.7 Å². The van der Waals surface area contributed by atoms with Gasteiger partial charge in [-0.2, -0.15) is 0 Å². The Kier molecular flexibility index (Phi) is 5.16. The van der Waals surface area contributed by atoms with Crippen molar-refractivity contribution in [2.75, 3.05) is 19.6 Å². The summed E-state index contributed by atoms with van der Waals surface area (Å²) < 4.78 is 3.43. The molecule has 3 aromatic rings. The lowest BCUT2D eigenvalue weighted by Gasteiger charge is -2.38. The fourth-order valence-corrected chi connectivity index (χ4v) is 4.80. The number of pyridine rings is 1. The SMILES string of the molecule is N=C1NCC2(CCN(C(=O)CCCn3c(=O)n(-c4cccnc4)c4ccccc43)CC2)N1. The van der Waals surface area contributed by atoms with Crippen LogP contribution in [0.3, 0.4) is 0 Å². The van der Waals surface area contributed by atoms with Crippen molar-refractivity contribution < 1.29 is 4.79 Å². The highest BCUT2D eigenvalue weighted by molar-refractivity contribution is 5.80. The van der Waals surface area contributed by atoms with Crippen LogP contribution in [0, 0.1) is 5.41 Å². The van der Waals surface area contributed by atoms with Gasteiger partial charge in [0.2, 0.25) is 5.91 Å². The van der Waals surface area contributed by atoms with E-state index >= 15 is 0 Å². The molecular formula is C23H27N7O2. The van der Waals surface area contributed by atoms with Crippen molar-refractivity contribution in [2.45, 2.75) is 37.8 Å². The smallest absolute Gasteiger partial charge is 0.333 e. The number of aromatic nitrogens is 3. The number of carbonyl (C=O) groups is 1. The number of rotatable bonds is 5. The lowest BCUT2D eigenvalue weighted by molar-refractivity contribution is -0.132. The number of benzene rings is 1. The van der Waals surface area contributed by atoms with Crippen LogP contribution in [-0.4, -0.2) is 56.1 Å². The summed E-state index contributed by atoms with van der Waals surface area (Å²) in [6.45, 7) is 2.62. The fourth-order valence-electron chi connectivity index (χ4n) is 4.80. The minimum Gasteiger partial charge on any atom is -0.354 e. The monoisotopic (exact) mass is 433 g/mol. The summed E-state index contributed by atoms with van der Waals surface area (Å²) >= 11 is 0. The lowest BCUT2D eigenvalue weighted by Crippen LogP contribution is -2.53. The average Bonchev–Trinajstić information content (AvgIpc) is 3.31. The van der Waals surface area contributed by atoms with Crippen LogP contribution >= 0.6 is 0 Å². The molecule has 5 rings (SSSR count). The van der Waals surface area contributed by atoms with Crippen molar-refractivity contribution >= 4 is 22.9 Å². The van der Waals surface area contributed by atoms with Gasteiger partial charge in [0.1, 0.15) is 0 Å². The third-order valence-corrected chi connectivity index (χ3v) is 6.58. The van der Waals surface area contributed by atoms with Gasteiger partial charge in [-0.1, -0.05) is 12.1 Å². The Morgan fingerprint density at radius 1 is 1.12 bits per heavy atom. The van der Waals surface area contributed by atoms with Crippen LogP contribution in [0.1, 0.15) is 25.7 Å². The fraction of sp³-hybridized carbons (Fsp3) is 0.391. The number of piperidine rings is 1. The number of imidazole rings is 1. The highest BCUT2D eigenvalue weighted by atomic mass is 16.2. The average molecular weight is 434 g/mol. The molecule has 1 amide bonds. The molecule has 2 fully saturated rings. The minimum atomic E-state index is -0.117. The van der Waals surface area contributed by atoms with E-state index < -0.39 is 0 Å². The second-order valence-corrected chi connectivity index (χ2v) is 8.59. The van der Waals surface area contributed by atoms with E-state index in [4.69, 9.17) is 5.41 Å². The molecule has 3 N–H and O–H groups in total. The van der Waals surface area contributed by atoms with Crippen molar-refractivity contribution in [3.8, 4) is 5.69 Å². The minimum absolute atomic E-state index is 0.0880. The molecule has 0 radical (unpaired) electrons. The highest BCUT2D eigenvalue weighted by Crippen LogP contribution is 2.25. The van der Waals surface area contributed by atoms with E-state index in [-0.39, 0.29) is 17.1 Å². The van der Waals surface area contributed by atoms with E-state index in [1.54, 1.807) is 21.5 Å². The second-order valence-electron chi connectivity index (χ2n) is 8.59. The van der Waals surface area contributed by atoms with Gasteiger partial charge in [-0.3, -0.25) is 24.3 Å². The van der Waals surface area contributed by atoms with Crippen molar-refractivity contribution in [3.63, 3.8) is 0 Å². The topological polar surface area (TPSA) is 108 Å². The zero-order valence-corrected chi connectivity index (χ0v) is 17.9. The Bertz CT molecular complexity index is 1210. The molecule has 2 aliphatic rings. The summed E-state index contributed by atoms with van der Waals surface area (Å²) in [5.74, 6) is 0.505. The number of guanidine groups is 1. The van der Waals surface area contributed by atoms with Gasteiger partial charge in [0.15, 0.2) is 5.96 Å². The molecule has 4 heterocycles. The molecule has 2 saturated heterocycles. The summed E-state index contributed by atoms with van der Waals surface area (Å²) in [6, 6.07) is 11.4. The van der Waals surface area contributed by atoms with Crippen molar-refractivity contribution in [1.29, 1.82) is 5.41 Å². The second kappa shape index (κ2) is 8.14. The number of nitrogens with zero attached hydrogens (tertiary/aromatic N) is 4. The molecule has 9 heteroatoms. The van der Waals surface area contributed by atoms with Crippen LogP contribution in [0.15, 0.2) is 53.6 Å². The number of aryl methyl sites for hydroxylation is 1. The Hall–Kier alpha value is -3.62. The van der Waals surface area contributed by atoms with Crippen LogP contribution in [-0.2, 0) is 11.3 Å². The Balaban J connectivity index is 1.25. The largest absolute Gasteiger partial charge is 0.354 e. The number of amides is 1. The molecule has 32 heavy (non-hydrogen) atoms. The lowest BCUT2D eigenvalue weighted by atomic mass is 9.88. The molecule has 0 bridgehead atoms. The number of nitrogens with one attached hydrogen (secondary N) is 3. The quantitative estimate of drug-likeness (QED) is 0.565. The summed E-state index contributed by atoms with van der Waals surface area (Å²) in [6.07, 6.45) is 6.06. The van der Waals surface area contributed by atoms with E-state index in [0.717, 1.165) is 36.1 Å². The number of carbonyl (C=O) groups excluding carboxylic acids is 1. The number of fused-ring (bicyclic) bond motifs is 1. The number of hydrogen-bond acceptors (Lipinski definition) is 4. The van der Waals surface area contributed by atoms with E-state index in [0.29, 0.717) is 38.4 Å². The van der Waals surface area contributed by atoms with Gasteiger partial charge in [0.25, 0.3) is 0 Å². The first-order valence-corrected chi connectivity index (χ1v) is 11.1. The molecule has 0 unspecified atom stereocenters. The first-order chi connectivity index (χ1) is 15.6. The van der Waals surface area contributed by atoms with Gasteiger partial charge in [0.05, 0.1) is 28.5 Å². The van der Waals surface area contributed by atoms with Crippen LogP contribution in [0.4, 0.5) is 0 Å². The molecule has 1 spiro atoms. The molecule has 0 atom stereocenters. The zero-order chi connectivity index (χ0) is 22.1. The van der Waals surface area contributed by atoms with Gasteiger partial charge in [-0.25, -0.2) is 4.79 Å². The Morgan fingerprint density at radius 2 is 1.91 bits per heavy atom. The third kappa shape index (κ3) is 3.63. The van der Waals surface area contributed by atoms with Gasteiger partial charge in [-0.05, 0) is 43.5 Å². The standard InChI is InChI=1S/C23H27N7O2/c24-21-26-16-23(27-21)9-13-28(14-10-23)20(31)8-4-12-29-18-6-1-2-7-19(18)30(22(29)32)17-5-3-11-25-15-17/h1-3,5-7,11,15H,4,8-10,12-14,16H2,(H3,24,26,27). The molecule has 1 aromatic carbocycles.